The maximum absolute atomic E-state index is 7.47. The topological polar surface area (TPSA) is 114 Å². The van der Waals surface area contributed by atoms with Crippen LogP contribution < -0.4 is 16.4 Å². The number of benzene rings is 1. The highest BCUT2D eigenvalue weighted by Gasteiger charge is 2.06. The van der Waals surface area contributed by atoms with Crippen molar-refractivity contribution >= 4 is 34.4 Å². The van der Waals surface area contributed by atoms with Gasteiger partial charge in [0.05, 0.1) is 10.5 Å². The van der Waals surface area contributed by atoms with Crippen molar-refractivity contribution in [2.45, 2.75) is 6.42 Å². The number of para-hydroxylation sites is 1. The fourth-order valence-corrected chi connectivity index (χ4v) is 2.11. The number of nitrogens with one attached hydrogen (secondary N) is 5. The van der Waals surface area contributed by atoms with E-state index in [1.807, 2.05) is 24.4 Å². The number of halogens is 1. The molecule has 0 aliphatic rings. The highest BCUT2D eigenvalue weighted by molar-refractivity contribution is 6.35. The zero-order chi connectivity index (χ0) is 13.8. The number of hydrogen-bond acceptors (Lipinski definition) is 2. The lowest BCUT2D eigenvalue weighted by Gasteiger charge is -2.08. The zero-order valence-corrected chi connectivity index (χ0v) is 10.9. The lowest BCUT2D eigenvalue weighted by atomic mass is 10.1. The van der Waals surface area contributed by atoms with E-state index in [-0.39, 0.29) is 11.9 Å². The second-order valence-corrected chi connectivity index (χ2v) is 4.47. The lowest BCUT2D eigenvalue weighted by Crippen LogP contribution is -2.43. The van der Waals surface area contributed by atoms with E-state index in [2.05, 4.69) is 15.6 Å². The molecule has 0 spiro atoms. The van der Waals surface area contributed by atoms with Crippen molar-refractivity contribution in [1.29, 1.82) is 10.8 Å². The second-order valence-electron chi connectivity index (χ2n) is 4.07. The summed E-state index contributed by atoms with van der Waals surface area (Å²) in [6.45, 7) is 0.568. The minimum atomic E-state index is -0.253. The van der Waals surface area contributed by atoms with Crippen LogP contribution in [-0.4, -0.2) is 23.4 Å². The summed E-state index contributed by atoms with van der Waals surface area (Å²) >= 11 is 6.08. The molecule has 6 nitrogen and oxygen atoms in total. The lowest BCUT2D eigenvalue weighted by molar-refractivity contribution is 0.845. The van der Waals surface area contributed by atoms with Crippen LogP contribution in [0, 0.1) is 10.8 Å². The molecule has 0 aliphatic heterocycles. The average molecular weight is 279 g/mol. The molecule has 0 saturated heterocycles. The molecule has 1 heterocycles. The summed E-state index contributed by atoms with van der Waals surface area (Å²) in [5.41, 5.74) is 7.17. The molecular formula is C12H15ClN6. The minimum Gasteiger partial charge on any atom is -0.370 e. The summed E-state index contributed by atoms with van der Waals surface area (Å²) < 4.78 is 0. The van der Waals surface area contributed by atoms with Gasteiger partial charge in [0.15, 0.2) is 11.9 Å². The van der Waals surface area contributed by atoms with Gasteiger partial charge in [0.25, 0.3) is 0 Å². The van der Waals surface area contributed by atoms with Gasteiger partial charge in [0.1, 0.15) is 0 Å². The summed E-state index contributed by atoms with van der Waals surface area (Å²) in [4.78, 5) is 3.14. The van der Waals surface area contributed by atoms with Gasteiger partial charge < -0.3 is 16.0 Å². The SMILES string of the molecule is N=C(N)NC(=N)NCCc1c[nH]c2c(Cl)cccc12. The molecule has 1 aromatic heterocycles. The van der Waals surface area contributed by atoms with Crippen molar-refractivity contribution in [2.24, 2.45) is 5.73 Å². The quantitative estimate of drug-likeness (QED) is 0.376. The number of hydrogen-bond donors (Lipinski definition) is 6. The smallest absolute Gasteiger partial charge is 0.195 e. The first-order valence-corrected chi connectivity index (χ1v) is 6.13. The minimum absolute atomic E-state index is 0.0189. The predicted octanol–water partition coefficient (Wildman–Crippen LogP) is 1.37. The van der Waals surface area contributed by atoms with Gasteiger partial charge in [-0.25, -0.2) is 0 Å². The molecule has 7 heteroatoms. The first-order valence-electron chi connectivity index (χ1n) is 5.76. The molecule has 0 fully saturated rings. The van der Waals surface area contributed by atoms with Crippen LogP contribution in [-0.2, 0) is 6.42 Å². The first kappa shape index (κ1) is 13.2. The first-order chi connectivity index (χ1) is 9.08. The molecular weight excluding hydrogens is 264 g/mol. The van der Waals surface area contributed by atoms with Crippen LogP contribution in [0.1, 0.15) is 5.56 Å². The van der Waals surface area contributed by atoms with Gasteiger partial charge in [-0.1, -0.05) is 23.7 Å². The van der Waals surface area contributed by atoms with Crippen LogP contribution in [0.3, 0.4) is 0 Å². The molecule has 100 valence electrons. The largest absolute Gasteiger partial charge is 0.370 e. The molecule has 7 N–H and O–H groups in total. The third-order valence-corrected chi connectivity index (χ3v) is 3.02. The van der Waals surface area contributed by atoms with Gasteiger partial charge in [-0.3, -0.25) is 16.1 Å². The number of aromatic nitrogens is 1. The summed E-state index contributed by atoms with van der Waals surface area (Å²) in [5, 5.41) is 21.5. The van der Waals surface area contributed by atoms with Crippen molar-refractivity contribution in [3.05, 3.63) is 35.0 Å². The van der Waals surface area contributed by atoms with E-state index >= 15 is 0 Å². The molecule has 2 rings (SSSR count). The number of fused-ring (bicyclic) bond motifs is 1. The Bertz CT molecular complexity index is 618. The highest BCUT2D eigenvalue weighted by Crippen LogP contribution is 2.25. The van der Waals surface area contributed by atoms with E-state index in [0.29, 0.717) is 11.6 Å². The Morgan fingerprint density at radius 1 is 1.37 bits per heavy atom. The monoisotopic (exact) mass is 278 g/mol. The van der Waals surface area contributed by atoms with Crippen molar-refractivity contribution in [3.63, 3.8) is 0 Å². The van der Waals surface area contributed by atoms with Gasteiger partial charge >= 0.3 is 0 Å². The van der Waals surface area contributed by atoms with Crippen LogP contribution in [0.25, 0.3) is 10.9 Å². The van der Waals surface area contributed by atoms with Gasteiger partial charge in [0, 0.05) is 18.1 Å². The average Bonchev–Trinajstić information content (AvgIpc) is 2.73. The number of aromatic amines is 1. The molecule has 0 saturated carbocycles. The molecule has 0 unspecified atom stereocenters. The van der Waals surface area contributed by atoms with E-state index in [4.69, 9.17) is 28.2 Å². The number of guanidine groups is 2. The van der Waals surface area contributed by atoms with Crippen LogP contribution in [0.15, 0.2) is 24.4 Å². The van der Waals surface area contributed by atoms with Crippen LogP contribution in [0.2, 0.25) is 5.02 Å². The Balaban J connectivity index is 1.97. The molecule has 1 aromatic carbocycles. The van der Waals surface area contributed by atoms with Gasteiger partial charge in [-0.15, -0.1) is 0 Å². The Morgan fingerprint density at radius 2 is 2.16 bits per heavy atom. The fourth-order valence-electron chi connectivity index (χ4n) is 1.88. The summed E-state index contributed by atoms with van der Waals surface area (Å²) in [6, 6.07) is 5.76. The Kier molecular flexibility index (Phi) is 3.91. The summed E-state index contributed by atoms with van der Waals surface area (Å²) in [6.07, 6.45) is 2.66. The van der Waals surface area contributed by atoms with Crippen LogP contribution in [0.4, 0.5) is 0 Å². The summed E-state index contributed by atoms with van der Waals surface area (Å²) in [5.74, 6) is -0.234. The van der Waals surface area contributed by atoms with Crippen molar-refractivity contribution in [1.82, 2.24) is 15.6 Å². The molecule has 0 atom stereocenters. The standard InChI is InChI=1S/C12H15ClN6/c13-9-3-1-2-8-7(6-18-10(8)9)4-5-17-12(16)19-11(14)15/h1-3,6,18H,4-5H2,(H6,14,15,16,17,19). The molecule has 0 amide bonds. The van der Waals surface area contributed by atoms with Crippen LogP contribution in [0.5, 0.6) is 0 Å². The number of rotatable bonds is 3. The van der Waals surface area contributed by atoms with E-state index < -0.39 is 0 Å². The van der Waals surface area contributed by atoms with Crippen molar-refractivity contribution < 1.29 is 0 Å². The van der Waals surface area contributed by atoms with Crippen molar-refractivity contribution in [3.8, 4) is 0 Å². The Morgan fingerprint density at radius 3 is 2.89 bits per heavy atom. The third kappa shape index (κ3) is 3.17. The Labute approximate surface area is 115 Å². The van der Waals surface area contributed by atoms with E-state index in [9.17, 15) is 0 Å². The third-order valence-electron chi connectivity index (χ3n) is 2.71. The molecule has 0 bridgehead atoms. The van der Waals surface area contributed by atoms with Crippen LogP contribution >= 0.6 is 11.6 Å². The molecule has 19 heavy (non-hydrogen) atoms. The van der Waals surface area contributed by atoms with Gasteiger partial charge in [-0.2, -0.15) is 0 Å². The van der Waals surface area contributed by atoms with Crippen molar-refractivity contribution in [2.75, 3.05) is 6.54 Å². The van der Waals surface area contributed by atoms with E-state index in [0.717, 1.165) is 22.9 Å². The molecule has 0 radical (unpaired) electrons. The van der Waals surface area contributed by atoms with E-state index in [1.54, 1.807) is 0 Å². The van der Waals surface area contributed by atoms with E-state index in [1.165, 1.54) is 0 Å². The summed E-state index contributed by atoms with van der Waals surface area (Å²) in [7, 11) is 0. The predicted molar refractivity (Wildman–Crippen MR) is 77.8 cm³/mol. The maximum Gasteiger partial charge on any atom is 0.195 e. The zero-order valence-electron chi connectivity index (χ0n) is 10.2. The second kappa shape index (κ2) is 5.62. The maximum atomic E-state index is 7.47. The highest BCUT2D eigenvalue weighted by atomic mass is 35.5. The fraction of sp³-hybridized carbons (Fsp3) is 0.167. The van der Waals surface area contributed by atoms with Gasteiger partial charge in [0.2, 0.25) is 0 Å². The Hall–Kier alpha value is -2.21. The normalized spacial score (nSPS) is 10.4. The molecule has 0 aliphatic carbocycles. The van der Waals surface area contributed by atoms with Gasteiger partial charge in [-0.05, 0) is 18.1 Å². The number of H-pyrrole nitrogens is 1. The molecule has 2 aromatic rings. The number of nitrogens with two attached hydrogens (primary N) is 1.